The minimum absolute atomic E-state index is 0.0981. The maximum absolute atomic E-state index is 11.2. The maximum Gasteiger partial charge on any atom is 0.472 e. The van der Waals surface area contributed by atoms with Crippen molar-refractivity contribution >= 4 is 13.8 Å². The largest absolute Gasteiger partial charge is 0.472 e. The van der Waals surface area contributed by atoms with Crippen molar-refractivity contribution in [3.63, 3.8) is 0 Å². The van der Waals surface area contributed by atoms with Gasteiger partial charge >= 0.3 is 13.8 Å². The lowest BCUT2D eigenvalue weighted by atomic mass is 10.2. The fraction of sp³-hybridized carbons (Fsp3) is 0.625. The highest BCUT2D eigenvalue weighted by atomic mass is 31.2. The predicted octanol–water partition coefficient (Wildman–Crippen LogP) is 0.314. The second-order valence-corrected chi connectivity index (χ2v) is 4.16. The molecule has 0 spiro atoms. The molecule has 0 aliphatic rings. The Labute approximate surface area is 92.9 Å². The van der Waals surface area contributed by atoms with Gasteiger partial charge in [-0.3, -0.25) is 0 Å². The Morgan fingerprint density at radius 3 is 2.50 bits per heavy atom. The summed E-state index contributed by atoms with van der Waals surface area (Å²) in [6.45, 7) is 2.55. The molecule has 0 aliphatic heterocycles. The number of phosphoric acid groups is 1. The van der Waals surface area contributed by atoms with Gasteiger partial charge in [0.15, 0.2) is 0 Å². The molecule has 8 heteroatoms. The fourth-order valence-electron chi connectivity index (χ4n) is 0.823. The number of rotatable bonds is 6. The summed E-state index contributed by atoms with van der Waals surface area (Å²) in [6, 6.07) is 0. The molecule has 1 atom stereocenters. The molecule has 0 aliphatic carbocycles. The Balaban J connectivity index is 4.19. The number of aliphatic hydroxyl groups is 1. The monoisotopic (exact) mass is 254 g/mol. The molecular weight excluding hydrogens is 239 g/mol. The molecule has 0 saturated heterocycles. The van der Waals surface area contributed by atoms with E-state index in [1.165, 1.54) is 19.9 Å². The summed E-state index contributed by atoms with van der Waals surface area (Å²) in [5.74, 6) is -0.755. The van der Waals surface area contributed by atoms with Gasteiger partial charge in [0.05, 0.1) is 0 Å². The van der Waals surface area contributed by atoms with Crippen LogP contribution in [0.3, 0.4) is 0 Å². The van der Waals surface area contributed by atoms with E-state index in [-0.39, 0.29) is 12.2 Å². The van der Waals surface area contributed by atoms with Crippen LogP contribution in [0.25, 0.3) is 0 Å². The van der Waals surface area contributed by atoms with E-state index in [4.69, 9.17) is 14.9 Å². The second kappa shape index (κ2) is 6.78. The smallest absolute Gasteiger partial charge is 0.432 e. The molecule has 0 amide bonds. The summed E-state index contributed by atoms with van der Waals surface area (Å²) in [7, 11) is -4.67. The van der Waals surface area contributed by atoms with Gasteiger partial charge in [-0.15, -0.1) is 0 Å². The minimum atomic E-state index is -4.67. The zero-order valence-corrected chi connectivity index (χ0v) is 9.89. The Kier molecular flexibility index (Phi) is 6.47. The highest BCUT2D eigenvalue weighted by molar-refractivity contribution is 7.46. The first-order valence-corrected chi connectivity index (χ1v) is 6.02. The number of phosphoric ester groups is 1. The molecule has 0 rings (SSSR count). The summed E-state index contributed by atoms with van der Waals surface area (Å²) in [6.07, 6.45) is 0.409. The zero-order chi connectivity index (χ0) is 12.8. The van der Waals surface area contributed by atoms with Crippen LogP contribution in [-0.2, 0) is 18.6 Å². The van der Waals surface area contributed by atoms with E-state index in [1.807, 2.05) is 0 Å². The summed E-state index contributed by atoms with van der Waals surface area (Å²) >= 11 is 0. The number of aliphatic hydroxyl groups excluding tert-OH is 1. The average Bonchev–Trinajstić information content (AvgIpc) is 2.10. The summed E-state index contributed by atoms with van der Waals surface area (Å²) in [5.41, 5.74) is 0.232. The van der Waals surface area contributed by atoms with Gasteiger partial charge in [-0.1, -0.05) is 6.08 Å². The number of carbonyl (C=O) groups excluding carboxylic acids is 1. The van der Waals surface area contributed by atoms with Crippen LogP contribution in [0.5, 0.6) is 0 Å². The van der Waals surface area contributed by atoms with Crippen LogP contribution < -0.4 is 0 Å². The number of hydrogen-bond acceptors (Lipinski definition) is 5. The van der Waals surface area contributed by atoms with Crippen LogP contribution in [0.2, 0.25) is 0 Å². The van der Waals surface area contributed by atoms with Crippen molar-refractivity contribution in [2.75, 3.05) is 6.61 Å². The number of esters is 1. The van der Waals surface area contributed by atoms with Crippen molar-refractivity contribution < 1.29 is 33.5 Å². The zero-order valence-electron chi connectivity index (χ0n) is 8.99. The van der Waals surface area contributed by atoms with E-state index in [0.29, 0.717) is 6.42 Å². The minimum Gasteiger partial charge on any atom is -0.432 e. The Morgan fingerprint density at radius 2 is 2.06 bits per heavy atom. The molecule has 1 unspecified atom stereocenters. The summed E-state index contributed by atoms with van der Waals surface area (Å²) in [4.78, 5) is 28.1. The lowest BCUT2D eigenvalue weighted by Crippen LogP contribution is -2.17. The first-order valence-electron chi connectivity index (χ1n) is 4.49. The quantitative estimate of drug-likeness (QED) is 0.270. The number of ether oxygens (including phenoxy) is 1. The van der Waals surface area contributed by atoms with Crippen molar-refractivity contribution in [3.05, 3.63) is 11.6 Å². The van der Waals surface area contributed by atoms with Crippen molar-refractivity contribution in [3.8, 4) is 0 Å². The van der Waals surface area contributed by atoms with E-state index in [2.05, 4.69) is 9.26 Å². The van der Waals surface area contributed by atoms with Gasteiger partial charge in [0.1, 0.15) is 0 Å². The summed E-state index contributed by atoms with van der Waals surface area (Å²) in [5, 5.41) is 8.51. The first-order chi connectivity index (χ1) is 7.26. The van der Waals surface area contributed by atoms with E-state index in [0.717, 1.165) is 0 Å². The highest BCUT2D eigenvalue weighted by Gasteiger charge is 2.21. The van der Waals surface area contributed by atoms with Crippen LogP contribution in [0.1, 0.15) is 20.3 Å². The van der Waals surface area contributed by atoms with Gasteiger partial charge in [-0.05, 0) is 20.3 Å². The molecule has 0 aromatic rings. The van der Waals surface area contributed by atoms with E-state index < -0.39 is 20.1 Å². The molecule has 0 bridgehead atoms. The van der Waals surface area contributed by atoms with E-state index in [9.17, 15) is 9.36 Å². The van der Waals surface area contributed by atoms with Gasteiger partial charge in [0, 0.05) is 12.2 Å². The second-order valence-electron chi connectivity index (χ2n) is 2.97. The Bertz CT molecular complexity index is 306. The average molecular weight is 254 g/mol. The van der Waals surface area contributed by atoms with Crippen molar-refractivity contribution in [1.29, 1.82) is 0 Å². The first kappa shape index (κ1) is 15.3. The lowest BCUT2D eigenvalue weighted by Gasteiger charge is -2.14. The SMILES string of the molecule is CC(=CCCO)C(=O)OC(C)OP(=O)(O)O. The highest BCUT2D eigenvalue weighted by Crippen LogP contribution is 2.37. The van der Waals surface area contributed by atoms with Crippen LogP contribution in [0, 0.1) is 0 Å². The van der Waals surface area contributed by atoms with Gasteiger partial charge in [-0.25, -0.2) is 13.9 Å². The van der Waals surface area contributed by atoms with Gasteiger partial charge in [0.25, 0.3) is 0 Å². The molecule has 0 aromatic carbocycles. The number of hydrogen-bond donors (Lipinski definition) is 3. The normalized spacial score (nSPS) is 14.7. The topological polar surface area (TPSA) is 113 Å². The van der Waals surface area contributed by atoms with Crippen LogP contribution in [0.4, 0.5) is 0 Å². The Morgan fingerprint density at radius 1 is 1.50 bits per heavy atom. The molecule has 0 aromatic heterocycles. The van der Waals surface area contributed by atoms with Crippen LogP contribution in [0.15, 0.2) is 11.6 Å². The van der Waals surface area contributed by atoms with Gasteiger partial charge < -0.3 is 19.6 Å². The Hall–Kier alpha value is -0.720. The molecule has 3 N–H and O–H groups in total. The van der Waals surface area contributed by atoms with Crippen LogP contribution >= 0.6 is 7.82 Å². The molecule has 7 nitrogen and oxygen atoms in total. The van der Waals surface area contributed by atoms with Crippen molar-refractivity contribution in [2.24, 2.45) is 0 Å². The fourth-order valence-corrected chi connectivity index (χ4v) is 1.25. The molecular formula is C8H15O7P. The molecule has 0 fully saturated rings. The lowest BCUT2D eigenvalue weighted by molar-refractivity contribution is -0.157. The molecule has 94 valence electrons. The van der Waals surface area contributed by atoms with Gasteiger partial charge in [-0.2, -0.15) is 0 Å². The molecule has 0 saturated carbocycles. The van der Waals surface area contributed by atoms with E-state index >= 15 is 0 Å². The third kappa shape index (κ3) is 7.56. The molecule has 16 heavy (non-hydrogen) atoms. The third-order valence-corrected chi connectivity index (χ3v) is 2.03. The number of carbonyl (C=O) groups is 1. The van der Waals surface area contributed by atoms with Gasteiger partial charge in [0.2, 0.25) is 6.29 Å². The van der Waals surface area contributed by atoms with Crippen molar-refractivity contribution in [1.82, 2.24) is 0 Å². The predicted molar refractivity (Wildman–Crippen MR) is 54.1 cm³/mol. The third-order valence-electron chi connectivity index (χ3n) is 1.46. The molecule has 0 radical (unpaired) electrons. The van der Waals surface area contributed by atoms with Crippen LogP contribution in [-0.4, -0.2) is 33.8 Å². The standard InChI is InChI=1S/C8H15O7P/c1-6(4-3-5-9)8(10)14-7(2)15-16(11,12)13/h4,7,9H,3,5H2,1-2H3,(H2,11,12,13). The van der Waals surface area contributed by atoms with E-state index in [1.54, 1.807) is 0 Å². The van der Waals surface area contributed by atoms with Crippen molar-refractivity contribution in [2.45, 2.75) is 26.6 Å². The maximum atomic E-state index is 11.2. The molecule has 0 heterocycles. The summed E-state index contributed by atoms with van der Waals surface area (Å²) < 4.78 is 19.1.